The normalized spacial score (nSPS) is 10.6. The number of amides is 1. The molecule has 3 rings (SSSR count). The molecule has 0 spiro atoms. The fraction of sp³-hybridized carbons (Fsp3) is 0.0625. The summed E-state index contributed by atoms with van der Waals surface area (Å²) in [5.74, 6) is -0.245. The molecule has 110 valence electrons. The molecule has 0 unspecified atom stereocenters. The molecule has 0 aliphatic rings. The predicted molar refractivity (Wildman–Crippen MR) is 88.9 cm³/mol. The number of benzene rings is 2. The zero-order valence-electron chi connectivity index (χ0n) is 11.8. The van der Waals surface area contributed by atoms with Crippen molar-refractivity contribution in [3.63, 3.8) is 0 Å². The third-order valence-electron chi connectivity index (χ3n) is 3.31. The van der Waals surface area contributed by atoms with Gasteiger partial charge in [-0.3, -0.25) is 14.6 Å². The molecule has 2 aromatic carbocycles. The maximum absolute atomic E-state index is 12.3. The minimum absolute atomic E-state index is 0.230. The van der Waals surface area contributed by atoms with Crippen LogP contribution in [-0.2, 0) is 0 Å². The third kappa shape index (κ3) is 2.82. The van der Waals surface area contributed by atoms with Gasteiger partial charge in [-0.15, -0.1) is 0 Å². The summed E-state index contributed by atoms with van der Waals surface area (Å²) in [6.07, 6.45) is 0. The number of hydrogen-bond donors (Lipinski definition) is 3. The Morgan fingerprint density at radius 1 is 1.09 bits per heavy atom. The van der Waals surface area contributed by atoms with Crippen LogP contribution in [0.5, 0.6) is 0 Å². The predicted octanol–water partition coefficient (Wildman–Crippen LogP) is 3.15. The highest BCUT2D eigenvalue weighted by molar-refractivity contribution is 7.71. The van der Waals surface area contributed by atoms with Crippen molar-refractivity contribution in [2.45, 2.75) is 6.92 Å². The summed E-state index contributed by atoms with van der Waals surface area (Å²) in [4.78, 5) is 29.4. The molecule has 22 heavy (non-hydrogen) atoms. The Morgan fingerprint density at radius 2 is 1.82 bits per heavy atom. The van der Waals surface area contributed by atoms with Gasteiger partial charge in [0.25, 0.3) is 11.5 Å². The first-order valence-corrected chi connectivity index (χ1v) is 7.08. The van der Waals surface area contributed by atoms with Crippen LogP contribution in [0.4, 0.5) is 5.69 Å². The molecule has 0 aliphatic heterocycles. The van der Waals surface area contributed by atoms with Crippen molar-refractivity contribution in [3.05, 3.63) is 68.7 Å². The molecule has 6 heteroatoms. The van der Waals surface area contributed by atoms with Crippen molar-refractivity contribution in [2.24, 2.45) is 0 Å². The van der Waals surface area contributed by atoms with Gasteiger partial charge in [0.2, 0.25) is 0 Å². The van der Waals surface area contributed by atoms with E-state index >= 15 is 0 Å². The highest BCUT2D eigenvalue weighted by atomic mass is 32.1. The lowest BCUT2D eigenvalue weighted by Crippen LogP contribution is -2.13. The molecule has 0 aliphatic carbocycles. The molecule has 0 saturated carbocycles. The van der Waals surface area contributed by atoms with Gasteiger partial charge in [0.05, 0.1) is 10.9 Å². The fourth-order valence-electron chi connectivity index (χ4n) is 2.15. The first-order chi connectivity index (χ1) is 10.5. The molecule has 3 N–H and O–H groups in total. The van der Waals surface area contributed by atoms with E-state index in [1.54, 1.807) is 18.2 Å². The van der Waals surface area contributed by atoms with Crippen molar-refractivity contribution in [3.8, 4) is 0 Å². The number of aryl methyl sites for hydroxylation is 1. The van der Waals surface area contributed by atoms with Gasteiger partial charge in [-0.1, -0.05) is 17.7 Å². The number of carbonyl (C=O) groups is 1. The minimum atomic E-state index is -0.274. The van der Waals surface area contributed by atoms with E-state index in [1.165, 1.54) is 0 Å². The van der Waals surface area contributed by atoms with Gasteiger partial charge in [-0.2, -0.15) is 0 Å². The lowest BCUT2D eigenvalue weighted by molar-refractivity contribution is 0.102. The number of hydrogen-bond acceptors (Lipinski definition) is 3. The van der Waals surface area contributed by atoms with Crippen molar-refractivity contribution in [1.29, 1.82) is 0 Å². The Bertz CT molecular complexity index is 971. The molecule has 1 heterocycles. The van der Waals surface area contributed by atoms with E-state index < -0.39 is 0 Å². The van der Waals surface area contributed by atoms with Crippen molar-refractivity contribution < 1.29 is 4.79 Å². The maximum Gasteiger partial charge on any atom is 0.259 e. The summed E-state index contributed by atoms with van der Waals surface area (Å²) in [6.45, 7) is 1.98. The van der Waals surface area contributed by atoms with Crippen LogP contribution >= 0.6 is 12.2 Å². The first-order valence-electron chi connectivity index (χ1n) is 6.67. The van der Waals surface area contributed by atoms with Crippen LogP contribution in [0.15, 0.2) is 47.3 Å². The van der Waals surface area contributed by atoms with Gasteiger partial charge in [0.15, 0.2) is 4.77 Å². The molecular weight excluding hydrogens is 298 g/mol. The largest absolute Gasteiger partial charge is 0.332 e. The van der Waals surface area contributed by atoms with Crippen LogP contribution in [0.25, 0.3) is 10.9 Å². The van der Waals surface area contributed by atoms with Gasteiger partial charge in [0.1, 0.15) is 0 Å². The Labute approximate surface area is 131 Å². The van der Waals surface area contributed by atoms with E-state index in [2.05, 4.69) is 15.3 Å². The van der Waals surface area contributed by atoms with Gasteiger partial charge < -0.3 is 10.3 Å². The zero-order valence-corrected chi connectivity index (χ0v) is 12.6. The Balaban J connectivity index is 1.95. The van der Waals surface area contributed by atoms with Crippen LogP contribution in [0.1, 0.15) is 15.9 Å². The number of nitrogens with one attached hydrogen (secondary N) is 3. The van der Waals surface area contributed by atoms with Crippen molar-refractivity contribution in [1.82, 2.24) is 9.97 Å². The molecule has 0 atom stereocenters. The number of aromatic amines is 2. The van der Waals surface area contributed by atoms with Gasteiger partial charge in [0, 0.05) is 11.3 Å². The summed E-state index contributed by atoms with van der Waals surface area (Å²) in [5.41, 5.74) is 2.55. The average molecular weight is 311 g/mol. The van der Waals surface area contributed by atoms with Crippen LogP contribution in [0.2, 0.25) is 0 Å². The van der Waals surface area contributed by atoms with Gasteiger partial charge >= 0.3 is 0 Å². The average Bonchev–Trinajstić information content (AvgIpc) is 2.48. The number of anilines is 1. The fourth-order valence-corrected chi connectivity index (χ4v) is 2.35. The Hall–Kier alpha value is -2.73. The molecule has 3 aromatic rings. The summed E-state index contributed by atoms with van der Waals surface area (Å²) in [6, 6.07) is 12.4. The van der Waals surface area contributed by atoms with Crippen LogP contribution < -0.4 is 10.9 Å². The van der Waals surface area contributed by atoms with E-state index in [-0.39, 0.29) is 16.2 Å². The minimum Gasteiger partial charge on any atom is -0.332 e. The topological polar surface area (TPSA) is 77.8 Å². The second kappa shape index (κ2) is 5.57. The number of carbonyl (C=O) groups excluding carboxylic acids is 1. The number of fused-ring (bicyclic) bond motifs is 1. The summed E-state index contributed by atoms with van der Waals surface area (Å²) in [7, 11) is 0. The van der Waals surface area contributed by atoms with Gasteiger partial charge in [-0.25, -0.2) is 0 Å². The lowest BCUT2D eigenvalue weighted by Gasteiger charge is -2.06. The van der Waals surface area contributed by atoms with E-state index in [0.29, 0.717) is 16.5 Å². The van der Waals surface area contributed by atoms with Crippen molar-refractivity contribution >= 4 is 34.7 Å². The monoisotopic (exact) mass is 311 g/mol. The second-order valence-electron chi connectivity index (χ2n) is 4.99. The van der Waals surface area contributed by atoms with Crippen molar-refractivity contribution in [2.75, 3.05) is 5.32 Å². The quantitative estimate of drug-likeness (QED) is 0.636. The van der Waals surface area contributed by atoms with E-state index in [1.807, 2.05) is 31.2 Å². The zero-order chi connectivity index (χ0) is 15.7. The smallest absolute Gasteiger partial charge is 0.259 e. The molecule has 1 aromatic heterocycles. The number of H-pyrrole nitrogens is 2. The number of aromatic nitrogens is 2. The summed E-state index contributed by atoms with van der Waals surface area (Å²) < 4.78 is 0.230. The van der Waals surface area contributed by atoms with E-state index in [9.17, 15) is 9.59 Å². The highest BCUT2D eigenvalue weighted by Gasteiger charge is 2.08. The Morgan fingerprint density at radius 3 is 2.55 bits per heavy atom. The third-order valence-corrected chi connectivity index (χ3v) is 3.52. The Kier molecular flexibility index (Phi) is 3.60. The molecule has 0 bridgehead atoms. The SMILES string of the molecule is Cc1ccc(NC(=O)c2ccc3c(=O)[nH]c(=S)[nH]c3c2)cc1. The summed E-state index contributed by atoms with van der Waals surface area (Å²) >= 11 is 4.94. The van der Waals surface area contributed by atoms with Gasteiger partial charge in [-0.05, 0) is 49.5 Å². The lowest BCUT2D eigenvalue weighted by atomic mass is 10.1. The highest BCUT2D eigenvalue weighted by Crippen LogP contribution is 2.13. The second-order valence-corrected chi connectivity index (χ2v) is 5.40. The molecule has 0 saturated heterocycles. The summed E-state index contributed by atoms with van der Waals surface area (Å²) in [5, 5.41) is 3.27. The van der Waals surface area contributed by atoms with E-state index in [0.717, 1.165) is 11.3 Å². The maximum atomic E-state index is 12.3. The first kappa shape index (κ1) is 14.2. The van der Waals surface area contributed by atoms with Crippen LogP contribution in [-0.4, -0.2) is 15.9 Å². The standard InChI is InChI=1S/C16H13N3O2S/c1-9-2-5-11(6-3-9)17-14(20)10-4-7-12-13(8-10)18-16(22)19-15(12)21/h2-8H,1H3,(H,17,20)(H2,18,19,21,22). The molecule has 0 fully saturated rings. The number of rotatable bonds is 2. The van der Waals surface area contributed by atoms with Crippen LogP contribution in [0.3, 0.4) is 0 Å². The van der Waals surface area contributed by atoms with Crippen LogP contribution in [0, 0.1) is 11.7 Å². The molecule has 0 radical (unpaired) electrons. The molecule has 1 amide bonds. The van der Waals surface area contributed by atoms with E-state index in [4.69, 9.17) is 12.2 Å². The molecule has 5 nitrogen and oxygen atoms in total. The molecular formula is C16H13N3O2S.